The summed E-state index contributed by atoms with van der Waals surface area (Å²) in [7, 11) is 0. The first kappa shape index (κ1) is 17.1. The van der Waals surface area contributed by atoms with Crippen molar-refractivity contribution in [2.24, 2.45) is 0 Å². The fourth-order valence-electron chi connectivity index (χ4n) is 1.36. The van der Waals surface area contributed by atoms with E-state index in [0.717, 1.165) is 0 Å². The van der Waals surface area contributed by atoms with E-state index in [4.69, 9.17) is 0 Å². The van der Waals surface area contributed by atoms with Crippen molar-refractivity contribution in [1.29, 1.82) is 0 Å². The zero-order chi connectivity index (χ0) is 14.6. The van der Waals surface area contributed by atoms with Crippen LogP contribution in [0.4, 0.5) is 22.0 Å². The summed E-state index contributed by atoms with van der Waals surface area (Å²) in [4.78, 5) is 12.7. The SMILES string of the molecule is CCN(CC)CC(C)NC(=O)C(F)(F)C(F)(F)F. The van der Waals surface area contributed by atoms with Crippen LogP contribution in [0.5, 0.6) is 0 Å². The number of hydrogen-bond acceptors (Lipinski definition) is 2. The smallest absolute Gasteiger partial charge is 0.347 e. The van der Waals surface area contributed by atoms with Crippen LogP contribution in [0, 0.1) is 0 Å². The van der Waals surface area contributed by atoms with Crippen LogP contribution in [-0.4, -0.2) is 48.6 Å². The summed E-state index contributed by atoms with van der Waals surface area (Å²) in [6, 6.07) is -0.786. The quantitative estimate of drug-likeness (QED) is 0.753. The average Bonchev–Trinajstić information content (AvgIpc) is 2.24. The van der Waals surface area contributed by atoms with Crippen molar-refractivity contribution in [2.45, 2.75) is 38.9 Å². The van der Waals surface area contributed by atoms with Gasteiger partial charge in [0.2, 0.25) is 0 Å². The number of halogens is 5. The number of carbonyl (C=O) groups is 1. The van der Waals surface area contributed by atoms with E-state index in [1.54, 1.807) is 10.2 Å². The number of nitrogens with zero attached hydrogens (tertiary/aromatic N) is 1. The molecule has 1 amide bonds. The Kier molecular flexibility index (Phi) is 5.98. The normalized spacial score (nSPS) is 14.7. The number of alkyl halides is 5. The van der Waals surface area contributed by atoms with Crippen molar-refractivity contribution in [3.05, 3.63) is 0 Å². The molecule has 0 aromatic heterocycles. The minimum atomic E-state index is -5.87. The van der Waals surface area contributed by atoms with E-state index in [2.05, 4.69) is 0 Å². The third-order valence-electron chi connectivity index (χ3n) is 2.45. The van der Waals surface area contributed by atoms with Gasteiger partial charge >= 0.3 is 18.0 Å². The van der Waals surface area contributed by atoms with Gasteiger partial charge in [-0.15, -0.1) is 0 Å². The van der Waals surface area contributed by atoms with Gasteiger partial charge in [0.1, 0.15) is 0 Å². The maximum Gasteiger partial charge on any atom is 0.463 e. The molecule has 18 heavy (non-hydrogen) atoms. The third kappa shape index (κ3) is 4.40. The Bertz CT molecular complexity index is 276. The first-order chi connectivity index (χ1) is 8.06. The van der Waals surface area contributed by atoms with Crippen molar-refractivity contribution in [3.8, 4) is 0 Å². The predicted molar refractivity (Wildman–Crippen MR) is 56.4 cm³/mol. The molecule has 0 aromatic rings. The molecule has 0 aliphatic heterocycles. The van der Waals surface area contributed by atoms with Gasteiger partial charge in [0.25, 0.3) is 0 Å². The second-order valence-corrected chi connectivity index (χ2v) is 3.93. The number of amides is 1. The lowest BCUT2D eigenvalue weighted by molar-refractivity contribution is -0.270. The summed E-state index contributed by atoms with van der Waals surface area (Å²) in [6.07, 6.45) is -5.87. The second kappa shape index (κ2) is 6.31. The highest BCUT2D eigenvalue weighted by Gasteiger charge is 2.63. The van der Waals surface area contributed by atoms with Crippen LogP contribution in [-0.2, 0) is 4.79 Å². The van der Waals surface area contributed by atoms with Crippen molar-refractivity contribution in [2.75, 3.05) is 19.6 Å². The van der Waals surface area contributed by atoms with Crippen molar-refractivity contribution in [3.63, 3.8) is 0 Å². The van der Waals surface area contributed by atoms with Gasteiger partial charge in [-0.1, -0.05) is 13.8 Å². The molecule has 0 heterocycles. The molecule has 0 rings (SSSR count). The average molecular weight is 276 g/mol. The van der Waals surface area contributed by atoms with E-state index in [1.807, 2.05) is 13.8 Å². The van der Waals surface area contributed by atoms with Gasteiger partial charge in [0.05, 0.1) is 0 Å². The Morgan fingerprint density at radius 2 is 1.61 bits per heavy atom. The van der Waals surface area contributed by atoms with E-state index >= 15 is 0 Å². The summed E-state index contributed by atoms with van der Waals surface area (Å²) in [5, 5.41) is 1.68. The lowest BCUT2D eigenvalue weighted by Gasteiger charge is -2.25. The monoisotopic (exact) mass is 276 g/mol. The lowest BCUT2D eigenvalue weighted by Crippen LogP contribution is -2.54. The number of rotatable bonds is 6. The van der Waals surface area contributed by atoms with E-state index in [-0.39, 0.29) is 6.54 Å². The van der Waals surface area contributed by atoms with Crippen LogP contribution in [0.15, 0.2) is 0 Å². The Hall–Kier alpha value is -0.920. The molecule has 1 N–H and O–H groups in total. The zero-order valence-corrected chi connectivity index (χ0v) is 10.4. The van der Waals surface area contributed by atoms with Crippen molar-refractivity contribution >= 4 is 5.91 Å². The number of carbonyl (C=O) groups excluding carboxylic acids is 1. The molecule has 0 fully saturated rings. The Morgan fingerprint density at radius 1 is 1.17 bits per heavy atom. The highest BCUT2D eigenvalue weighted by Crippen LogP contribution is 2.35. The zero-order valence-electron chi connectivity index (χ0n) is 10.4. The Morgan fingerprint density at radius 3 is 1.94 bits per heavy atom. The molecule has 0 saturated heterocycles. The molecule has 3 nitrogen and oxygen atoms in total. The Labute approximate surface area is 102 Å². The first-order valence-electron chi connectivity index (χ1n) is 5.54. The van der Waals surface area contributed by atoms with Crippen LogP contribution in [0.3, 0.4) is 0 Å². The van der Waals surface area contributed by atoms with Gasteiger partial charge in [-0.2, -0.15) is 22.0 Å². The van der Waals surface area contributed by atoms with Crippen LogP contribution in [0.1, 0.15) is 20.8 Å². The Balaban J connectivity index is 4.49. The second-order valence-electron chi connectivity index (χ2n) is 3.93. The summed E-state index contributed by atoms with van der Waals surface area (Å²) in [6.45, 7) is 6.47. The van der Waals surface area contributed by atoms with Crippen LogP contribution < -0.4 is 5.32 Å². The molecule has 0 aliphatic rings. The lowest BCUT2D eigenvalue weighted by atomic mass is 10.2. The van der Waals surface area contributed by atoms with E-state index in [0.29, 0.717) is 13.1 Å². The van der Waals surface area contributed by atoms with Crippen molar-refractivity contribution in [1.82, 2.24) is 10.2 Å². The molecule has 8 heteroatoms. The molecule has 0 saturated carbocycles. The molecule has 1 unspecified atom stereocenters. The number of nitrogens with one attached hydrogen (secondary N) is 1. The summed E-state index contributed by atoms with van der Waals surface area (Å²) in [5.74, 6) is -7.67. The van der Waals surface area contributed by atoms with Gasteiger partial charge in [0, 0.05) is 12.6 Å². The minimum Gasteiger partial charge on any atom is -0.347 e. The molecular formula is C10H17F5N2O. The first-order valence-corrected chi connectivity index (χ1v) is 5.54. The van der Waals surface area contributed by atoms with Gasteiger partial charge in [-0.05, 0) is 20.0 Å². The van der Waals surface area contributed by atoms with Gasteiger partial charge < -0.3 is 10.2 Å². The largest absolute Gasteiger partial charge is 0.463 e. The minimum absolute atomic E-state index is 0.215. The molecule has 0 bridgehead atoms. The van der Waals surface area contributed by atoms with Crippen LogP contribution >= 0.6 is 0 Å². The number of hydrogen-bond donors (Lipinski definition) is 1. The third-order valence-corrected chi connectivity index (χ3v) is 2.45. The maximum atomic E-state index is 12.6. The highest BCUT2D eigenvalue weighted by molar-refractivity contribution is 5.84. The molecule has 108 valence electrons. The number of likely N-dealkylation sites (N-methyl/N-ethyl adjacent to an activating group) is 1. The topological polar surface area (TPSA) is 32.3 Å². The fourth-order valence-corrected chi connectivity index (χ4v) is 1.36. The highest BCUT2D eigenvalue weighted by atomic mass is 19.4. The summed E-state index contributed by atoms with van der Waals surface area (Å²) < 4.78 is 61.0. The summed E-state index contributed by atoms with van der Waals surface area (Å²) in [5.41, 5.74) is 0. The van der Waals surface area contributed by atoms with Gasteiger partial charge in [-0.3, -0.25) is 4.79 Å². The van der Waals surface area contributed by atoms with E-state index in [1.165, 1.54) is 6.92 Å². The fraction of sp³-hybridized carbons (Fsp3) is 0.900. The van der Waals surface area contributed by atoms with Gasteiger partial charge in [0.15, 0.2) is 0 Å². The predicted octanol–water partition coefficient (Wildman–Crippen LogP) is 2.03. The van der Waals surface area contributed by atoms with Gasteiger partial charge in [-0.25, -0.2) is 0 Å². The molecule has 0 aliphatic carbocycles. The van der Waals surface area contributed by atoms with E-state index in [9.17, 15) is 26.7 Å². The van der Waals surface area contributed by atoms with Crippen LogP contribution in [0.25, 0.3) is 0 Å². The standard InChI is InChI=1S/C10H17F5N2O/c1-4-17(5-2)6-7(3)16-8(18)9(11,12)10(13,14)15/h7H,4-6H2,1-3H3,(H,16,18). The van der Waals surface area contributed by atoms with E-state index < -0.39 is 24.0 Å². The molecule has 0 radical (unpaired) electrons. The molecule has 1 atom stereocenters. The van der Waals surface area contributed by atoms with Crippen molar-refractivity contribution < 1.29 is 26.7 Å². The molecule has 0 spiro atoms. The maximum absolute atomic E-state index is 12.6. The molecular weight excluding hydrogens is 259 g/mol. The molecule has 0 aromatic carbocycles. The van der Waals surface area contributed by atoms with Crippen LogP contribution in [0.2, 0.25) is 0 Å². The summed E-state index contributed by atoms with van der Waals surface area (Å²) >= 11 is 0.